The van der Waals surface area contributed by atoms with E-state index in [0.29, 0.717) is 6.42 Å². The molecule has 3 heteroatoms. The zero-order chi connectivity index (χ0) is 17.8. The number of benzene rings is 1. The Bertz CT molecular complexity index is 535. The maximum absolute atomic E-state index is 11.9. The lowest BCUT2D eigenvalue weighted by Gasteiger charge is -2.07. The molecule has 0 saturated carbocycles. The van der Waals surface area contributed by atoms with E-state index in [1.807, 2.05) is 6.92 Å². The molecule has 0 saturated heterocycles. The van der Waals surface area contributed by atoms with Gasteiger partial charge in [0, 0.05) is 12.0 Å². The summed E-state index contributed by atoms with van der Waals surface area (Å²) < 4.78 is 0. The predicted octanol–water partition coefficient (Wildman–Crippen LogP) is 5.67. The zero-order valence-corrected chi connectivity index (χ0v) is 16.0. The van der Waals surface area contributed by atoms with E-state index < -0.39 is 0 Å². The Labute approximate surface area is 147 Å². The van der Waals surface area contributed by atoms with Gasteiger partial charge in [-0.05, 0) is 32.8 Å². The number of hydrogen-bond donors (Lipinski definition) is 1. The summed E-state index contributed by atoms with van der Waals surface area (Å²) in [5.74, 6) is 0.0186. The first-order valence-corrected chi connectivity index (χ1v) is 9.45. The lowest BCUT2D eigenvalue weighted by molar-refractivity contribution is -0.121. The van der Waals surface area contributed by atoms with E-state index in [1.54, 1.807) is 0 Å². The minimum Gasteiger partial charge on any atom is -0.273 e. The predicted molar refractivity (Wildman–Crippen MR) is 103 cm³/mol. The van der Waals surface area contributed by atoms with Crippen molar-refractivity contribution in [2.75, 3.05) is 0 Å². The molecule has 0 radical (unpaired) electrons. The van der Waals surface area contributed by atoms with Gasteiger partial charge in [-0.15, -0.1) is 0 Å². The van der Waals surface area contributed by atoms with Crippen molar-refractivity contribution in [3.63, 3.8) is 0 Å². The average molecular weight is 331 g/mol. The second kappa shape index (κ2) is 11.8. The summed E-state index contributed by atoms with van der Waals surface area (Å²) in [4.78, 5) is 11.9. The van der Waals surface area contributed by atoms with Crippen molar-refractivity contribution in [1.29, 1.82) is 0 Å². The number of unbranched alkanes of at least 4 members (excludes halogenated alkanes) is 7. The van der Waals surface area contributed by atoms with Crippen LogP contribution in [0.1, 0.15) is 88.3 Å². The first kappa shape index (κ1) is 20.4. The van der Waals surface area contributed by atoms with E-state index in [4.69, 9.17) is 0 Å². The van der Waals surface area contributed by atoms with Crippen molar-refractivity contribution < 1.29 is 4.79 Å². The fourth-order valence-corrected chi connectivity index (χ4v) is 2.90. The highest BCUT2D eigenvalue weighted by Gasteiger charge is 2.04. The Balaban J connectivity index is 2.23. The third kappa shape index (κ3) is 8.28. The van der Waals surface area contributed by atoms with Crippen LogP contribution in [0.2, 0.25) is 0 Å². The molecule has 0 unspecified atom stereocenters. The highest BCUT2D eigenvalue weighted by molar-refractivity contribution is 6.00. The van der Waals surface area contributed by atoms with Gasteiger partial charge in [0.2, 0.25) is 5.91 Å². The van der Waals surface area contributed by atoms with Gasteiger partial charge in [0.1, 0.15) is 0 Å². The molecule has 0 atom stereocenters. The molecule has 1 amide bonds. The van der Waals surface area contributed by atoms with E-state index in [0.717, 1.165) is 24.1 Å². The first-order valence-electron chi connectivity index (χ1n) is 9.45. The normalized spacial score (nSPS) is 11.6. The quantitative estimate of drug-likeness (QED) is 0.317. The van der Waals surface area contributed by atoms with Crippen molar-refractivity contribution >= 4 is 11.6 Å². The molecule has 3 nitrogen and oxygen atoms in total. The molecule has 24 heavy (non-hydrogen) atoms. The van der Waals surface area contributed by atoms with E-state index in [-0.39, 0.29) is 5.91 Å². The number of rotatable bonds is 11. The van der Waals surface area contributed by atoms with Crippen LogP contribution in [0, 0.1) is 13.8 Å². The molecule has 0 bridgehead atoms. The molecule has 0 heterocycles. The summed E-state index contributed by atoms with van der Waals surface area (Å²) >= 11 is 0. The Morgan fingerprint density at radius 3 is 2.25 bits per heavy atom. The van der Waals surface area contributed by atoms with Crippen LogP contribution in [-0.2, 0) is 4.79 Å². The number of amides is 1. The van der Waals surface area contributed by atoms with E-state index in [9.17, 15) is 4.79 Å². The lowest BCUT2D eigenvalue weighted by atomic mass is 10.0. The minimum absolute atomic E-state index is 0.0186. The van der Waals surface area contributed by atoms with Crippen LogP contribution in [0.25, 0.3) is 0 Å². The molecule has 0 aliphatic carbocycles. The van der Waals surface area contributed by atoms with E-state index in [2.05, 4.69) is 49.5 Å². The summed E-state index contributed by atoms with van der Waals surface area (Å²) in [5, 5.41) is 4.25. The molecule has 1 N–H and O–H groups in total. The molecule has 0 aliphatic rings. The molecule has 1 aromatic rings. The van der Waals surface area contributed by atoms with Crippen LogP contribution < -0.4 is 5.43 Å². The largest absolute Gasteiger partial charge is 0.273 e. The van der Waals surface area contributed by atoms with Crippen LogP contribution in [0.3, 0.4) is 0 Å². The SMILES string of the molecule is CCCCCCCCCCC(=O)N/N=C(/C)c1ccc(C)cc1C. The number of nitrogens with zero attached hydrogens (tertiary/aromatic N) is 1. The van der Waals surface area contributed by atoms with Gasteiger partial charge in [0.05, 0.1) is 5.71 Å². The highest BCUT2D eigenvalue weighted by Crippen LogP contribution is 2.12. The van der Waals surface area contributed by atoms with Gasteiger partial charge in [0.15, 0.2) is 0 Å². The van der Waals surface area contributed by atoms with Gasteiger partial charge in [-0.1, -0.05) is 75.6 Å². The Morgan fingerprint density at radius 1 is 1.00 bits per heavy atom. The molecular weight excluding hydrogens is 296 g/mol. The van der Waals surface area contributed by atoms with Crippen molar-refractivity contribution in [1.82, 2.24) is 5.43 Å². The lowest BCUT2D eigenvalue weighted by Crippen LogP contribution is -2.19. The van der Waals surface area contributed by atoms with Gasteiger partial charge in [0.25, 0.3) is 0 Å². The number of hydrogen-bond acceptors (Lipinski definition) is 2. The van der Waals surface area contributed by atoms with Crippen molar-refractivity contribution in [2.24, 2.45) is 5.10 Å². The van der Waals surface area contributed by atoms with Crippen molar-refractivity contribution in [3.8, 4) is 0 Å². The summed E-state index contributed by atoms with van der Waals surface area (Å²) in [6.07, 6.45) is 10.5. The molecule has 134 valence electrons. The molecule has 0 spiro atoms. The standard InChI is InChI=1S/C21H34N2O/c1-5-6-7-8-9-10-11-12-13-21(24)23-22-19(4)20-15-14-17(2)16-18(20)3/h14-16H,5-13H2,1-4H3,(H,23,24)/b22-19-. The molecule has 0 aromatic heterocycles. The van der Waals surface area contributed by atoms with Gasteiger partial charge < -0.3 is 0 Å². The highest BCUT2D eigenvalue weighted by atomic mass is 16.2. The van der Waals surface area contributed by atoms with Gasteiger partial charge in [-0.2, -0.15) is 5.10 Å². The van der Waals surface area contributed by atoms with Crippen LogP contribution in [-0.4, -0.2) is 11.6 Å². The number of aryl methyl sites for hydroxylation is 2. The van der Waals surface area contributed by atoms with Crippen molar-refractivity contribution in [2.45, 2.75) is 85.5 Å². The Hall–Kier alpha value is -1.64. The van der Waals surface area contributed by atoms with Gasteiger partial charge in [-0.25, -0.2) is 5.43 Å². The van der Waals surface area contributed by atoms with Crippen molar-refractivity contribution in [3.05, 3.63) is 34.9 Å². The third-order valence-electron chi connectivity index (χ3n) is 4.38. The minimum atomic E-state index is 0.0186. The maximum atomic E-state index is 11.9. The van der Waals surface area contributed by atoms with Crippen LogP contribution in [0.4, 0.5) is 0 Å². The topological polar surface area (TPSA) is 41.5 Å². The Kier molecular flexibility index (Phi) is 10.1. The maximum Gasteiger partial charge on any atom is 0.240 e. The fraction of sp³-hybridized carbons (Fsp3) is 0.619. The summed E-state index contributed by atoms with van der Waals surface area (Å²) in [6.45, 7) is 8.33. The number of hydrazone groups is 1. The van der Waals surface area contributed by atoms with Gasteiger partial charge >= 0.3 is 0 Å². The van der Waals surface area contributed by atoms with E-state index in [1.165, 1.54) is 49.7 Å². The number of carbonyl (C=O) groups is 1. The summed E-state index contributed by atoms with van der Waals surface area (Å²) in [6, 6.07) is 6.27. The molecule has 0 fully saturated rings. The summed E-state index contributed by atoms with van der Waals surface area (Å²) in [7, 11) is 0. The van der Waals surface area contributed by atoms with Crippen LogP contribution in [0.15, 0.2) is 23.3 Å². The van der Waals surface area contributed by atoms with Gasteiger partial charge in [-0.3, -0.25) is 4.79 Å². The molecule has 1 rings (SSSR count). The molecule has 0 aliphatic heterocycles. The third-order valence-corrected chi connectivity index (χ3v) is 4.38. The smallest absolute Gasteiger partial charge is 0.240 e. The second-order valence-electron chi connectivity index (χ2n) is 6.78. The first-order chi connectivity index (χ1) is 11.5. The van der Waals surface area contributed by atoms with Crippen LogP contribution in [0.5, 0.6) is 0 Å². The zero-order valence-electron chi connectivity index (χ0n) is 16.0. The molecule has 1 aromatic carbocycles. The monoisotopic (exact) mass is 330 g/mol. The van der Waals surface area contributed by atoms with Crippen LogP contribution >= 0.6 is 0 Å². The second-order valence-corrected chi connectivity index (χ2v) is 6.78. The fourth-order valence-electron chi connectivity index (χ4n) is 2.90. The number of nitrogens with one attached hydrogen (secondary N) is 1. The molecular formula is C21H34N2O. The van der Waals surface area contributed by atoms with E-state index >= 15 is 0 Å². The number of carbonyl (C=O) groups excluding carboxylic acids is 1. The Morgan fingerprint density at radius 2 is 1.62 bits per heavy atom. The summed E-state index contributed by atoms with van der Waals surface area (Å²) in [5.41, 5.74) is 7.07. The average Bonchev–Trinajstić information content (AvgIpc) is 2.55.